The number of rotatable bonds is 4. The van der Waals surface area contributed by atoms with Crippen LogP contribution in [-0.2, 0) is 6.54 Å². The summed E-state index contributed by atoms with van der Waals surface area (Å²) in [6.45, 7) is 8.16. The molecule has 1 atom stereocenters. The van der Waals surface area contributed by atoms with E-state index >= 15 is 0 Å². The molecule has 1 unspecified atom stereocenters. The lowest BCUT2D eigenvalue weighted by molar-refractivity contribution is 0.154. The van der Waals surface area contributed by atoms with Gasteiger partial charge in [-0.2, -0.15) is 5.10 Å². The van der Waals surface area contributed by atoms with Crippen LogP contribution in [0.3, 0.4) is 0 Å². The van der Waals surface area contributed by atoms with Gasteiger partial charge in [-0.3, -0.25) is 9.58 Å². The first kappa shape index (κ1) is 15.5. The van der Waals surface area contributed by atoms with E-state index in [1.54, 1.807) is 0 Å². The van der Waals surface area contributed by atoms with Crippen molar-refractivity contribution in [1.82, 2.24) is 20.0 Å². The van der Waals surface area contributed by atoms with Gasteiger partial charge in [-0.15, -0.1) is 0 Å². The first-order chi connectivity index (χ1) is 10.6. The van der Waals surface area contributed by atoms with E-state index in [1.807, 2.05) is 23.0 Å². The Morgan fingerprint density at radius 3 is 2.91 bits per heavy atom. The van der Waals surface area contributed by atoms with E-state index in [-0.39, 0.29) is 0 Å². The van der Waals surface area contributed by atoms with E-state index in [0.717, 1.165) is 31.2 Å². The summed E-state index contributed by atoms with van der Waals surface area (Å²) in [5, 5.41) is 8.77. The van der Waals surface area contributed by atoms with E-state index in [2.05, 4.69) is 47.5 Å². The Balaban J connectivity index is 1.79. The minimum atomic E-state index is 0.310. The van der Waals surface area contributed by atoms with Crippen molar-refractivity contribution in [1.29, 1.82) is 0 Å². The molecule has 4 nitrogen and oxygen atoms in total. The van der Waals surface area contributed by atoms with Crippen LogP contribution in [0.25, 0.3) is 0 Å². The smallest absolute Gasteiger partial charge is 0.0534 e. The van der Waals surface area contributed by atoms with Gasteiger partial charge in [0.25, 0.3) is 0 Å². The Morgan fingerprint density at radius 1 is 1.36 bits per heavy atom. The Hall–Kier alpha value is -1.36. The largest absolute Gasteiger partial charge is 0.314 e. The standard InChI is InChI=1S/C17H23ClN4/c1-13(2)22-12-14(9-20-22)11-21-8-7-19-10-17(21)15-5-3-4-6-16(15)18/h3-6,9,12-13,17,19H,7-8,10-11H2,1-2H3. The molecule has 0 saturated carbocycles. The fourth-order valence-corrected chi connectivity index (χ4v) is 3.23. The summed E-state index contributed by atoms with van der Waals surface area (Å²) in [6.07, 6.45) is 4.13. The van der Waals surface area contributed by atoms with Gasteiger partial charge in [-0.1, -0.05) is 29.8 Å². The summed E-state index contributed by atoms with van der Waals surface area (Å²) >= 11 is 6.40. The Morgan fingerprint density at radius 2 is 2.18 bits per heavy atom. The molecule has 1 aromatic heterocycles. The van der Waals surface area contributed by atoms with Gasteiger partial charge in [0.05, 0.1) is 6.20 Å². The van der Waals surface area contributed by atoms with Crippen molar-refractivity contribution < 1.29 is 0 Å². The van der Waals surface area contributed by atoms with Crippen LogP contribution >= 0.6 is 11.6 Å². The third kappa shape index (κ3) is 3.35. The number of halogens is 1. The van der Waals surface area contributed by atoms with Crippen LogP contribution in [0.4, 0.5) is 0 Å². The molecule has 3 rings (SSSR count). The van der Waals surface area contributed by atoms with Crippen molar-refractivity contribution in [3.63, 3.8) is 0 Å². The van der Waals surface area contributed by atoms with Gasteiger partial charge in [0.1, 0.15) is 0 Å². The average molecular weight is 319 g/mol. The van der Waals surface area contributed by atoms with E-state index in [9.17, 15) is 0 Å². The monoisotopic (exact) mass is 318 g/mol. The molecule has 0 radical (unpaired) electrons. The molecule has 0 amide bonds. The quantitative estimate of drug-likeness (QED) is 0.939. The van der Waals surface area contributed by atoms with Crippen molar-refractivity contribution in [3.05, 3.63) is 52.8 Å². The number of aromatic nitrogens is 2. The van der Waals surface area contributed by atoms with Crippen LogP contribution < -0.4 is 5.32 Å². The predicted octanol–water partition coefficient (Wildman–Crippen LogP) is 3.26. The van der Waals surface area contributed by atoms with Gasteiger partial charge in [0.15, 0.2) is 0 Å². The van der Waals surface area contributed by atoms with E-state index in [0.29, 0.717) is 12.1 Å². The minimum Gasteiger partial charge on any atom is -0.314 e. The average Bonchev–Trinajstić information content (AvgIpc) is 2.97. The van der Waals surface area contributed by atoms with Gasteiger partial charge in [-0.05, 0) is 25.5 Å². The molecule has 1 fully saturated rings. The van der Waals surface area contributed by atoms with Crippen molar-refractivity contribution in [3.8, 4) is 0 Å². The third-order valence-electron chi connectivity index (χ3n) is 4.19. The van der Waals surface area contributed by atoms with Crippen molar-refractivity contribution in [2.45, 2.75) is 32.5 Å². The highest BCUT2D eigenvalue weighted by Crippen LogP contribution is 2.29. The molecule has 0 aliphatic carbocycles. The van der Waals surface area contributed by atoms with Crippen molar-refractivity contribution in [2.24, 2.45) is 0 Å². The molecule has 1 saturated heterocycles. The number of hydrogen-bond acceptors (Lipinski definition) is 3. The highest BCUT2D eigenvalue weighted by Gasteiger charge is 2.25. The van der Waals surface area contributed by atoms with Crippen LogP contribution in [0.5, 0.6) is 0 Å². The predicted molar refractivity (Wildman–Crippen MR) is 90.1 cm³/mol. The van der Waals surface area contributed by atoms with E-state index in [4.69, 9.17) is 11.6 Å². The van der Waals surface area contributed by atoms with E-state index < -0.39 is 0 Å². The van der Waals surface area contributed by atoms with Crippen molar-refractivity contribution >= 4 is 11.6 Å². The van der Waals surface area contributed by atoms with E-state index in [1.165, 1.54) is 11.1 Å². The lowest BCUT2D eigenvalue weighted by Gasteiger charge is -2.36. The molecule has 1 aliphatic heterocycles. The third-order valence-corrected chi connectivity index (χ3v) is 4.53. The first-order valence-corrected chi connectivity index (χ1v) is 8.25. The maximum Gasteiger partial charge on any atom is 0.0534 e. The maximum atomic E-state index is 6.40. The SMILES string of the molecule is CC(C)n1cc(CN2CCNCC2c2ccccc2Cl)cn1. The topological polar surface area (TPSA) is 33.1 Å². The lowest BCUT2D eigenvalue weighted by atomic mass is 10.0. The Labute approximate surface area is 137 Å². The van der Waals surface area contributed by atoms with Crippen molar-refractivity contribution in [2.75, 3.05) is 19.6 Å². The zero-order valence-corrected chi connectivity index (χ0v) is 13.9. The summed E-state index contributed by atoms with van der Waals surface area (Å²) < 4.78 is 2.02. The summed E-state index contributed by atoms with van der Waals surface area (Å²) in [5.41, 5.74) is 2.46. The molecule has 22 heavy (non-hydrogen) atoms. The van der Waals surface area contributed by atoms with Crippen LogP contribution in [0.15, 0.2) is 36.7 Å². The summed E-state index contributed by atoms with van der Waals surface area (Å²) in [4.78, 5) is 2.49. The lowest BCUT2D eigenvalue weighted by Crippen LogP contribution is -2.45. The normalized spacial score (nSPS) is 19.7. The molecule has 0 spiro atoms. The van der Waals surface area contributed by atoms with Gasteiger partial charge in [0, 0.05) is 55.0 Å². The number of nitrogens with zero attached hydrogens (tertiary/aromatic N) is 3. The number of nitrogens with one attached hydrogen (secondary N) is 1. The summed E-state index contributed by atoms with van der Waals surface area (Å²) in [7, 11) is 0. The fourth-order valence-electron chi connectivity index (χ4n) is 2.96. The molecular weight excluding hydrogens is 296 g/mol. The second-order valence-electron chi connectivity index (χ2n) is 6.13. The molecule has 0 bridgehead atoms. The first-order valence-electron chi connectivity index (χ1n) is 7.87. The zero-order valence-electron chi connectivity index (χ0n) is 13.2. The molecule has 118 valence electrons. The number of piperazine rings is 1. The molecule has 1 N–H and O–H groups in total. The molecule has 5 heteroatoms. The van der Waals surface area contributed by atoms with Gasteiger partial charge >= 0.3 is 0 Å². The molecular formula is C17H23ClN4. The Kier molecular flexibility index (Phi) is 4.81. The highest BCUT2D eigenvalue weighted by molar-refractivity contribution is 6.31. The second-order valence-corrected chi connectivity index (χ2v) is 6.54. The molecule has 2 aromatic rings. The fraction of sp³-hybridized carbons (Fsp3) is 0.471. The molecule has 1 aliphatic rings. The highest BCUT2D eigenvalue weighted by atomic mass is 35.5. The number of hydrogen-bond donors (Lipinski definition) is 1. The van der Waals surface area contributed by atoms with Gasteiger partial charge in [-0.25, -0.2) is 0 Å². The maximum absolute atomic E-state index is 6.40. The summed E-state index contributed by atoms with van der Waals surface area (Å²) in [6, 6.07) is 8.86. The second kappa shape index (κ2) is 6.82. The molecule has 2 heterocycles. The van der Waals surface area contributed by atoms with Crippen LogP contribution in [0, 0.1) is 0 Å². The summed E-state index contributed by atoms with van der Waals surface area (Å²) in [5.74, 6) is 0. The van der Waals surface area contributed by atoms with Crippen LogP contribution in [0.1, 0.15) is 37.1 Å². The Bertz CT molecular complexity index is 623. The minimum absolute atomic E-state index is 0.310. The van der Waals surface area contributed by atoms with Crippen LogP contribution in [0.2, 0.25) is 5.02 Å². The van der Waals surface area contributed by atoms with Gasteiger partial charge in [0.2, 0.25) is 0 Å². The zero-order chi connectivity index (χ0) is 15.5. The molecule has 1 aromatic carbocycles. The van der Waals surface area contributed by atoms with Gasteiger partial charge < -0.3 is 5.32 Å². The number of benzene rings is 1. The van der Waals surface area contributed by atoms with Crippen LogP contribution in [-0.4, -0.2) is 34.3 Å².